The molecular weight excluding hydrogens is 604 g/mol. The van der Waals surface area contributed by atoms with E-state index >= 15 is 0 Å². The average Bonchev–Trinajstić information content (AvgIpc) is 3.21. The van der Waals surface area contributed by atoms with Crippen LogP contribution < -0.4 is 16.1 Å². The normalized spacial score (nSPS) is 27.6. The smallest absolute Gasteiger partial charge is 0.352 e. The summed E-state index contributed by atoms with van der Waals surface area (Å²) in [5.41, 5.74) is -0.0632. The van der Waals surface area contributed by atoms with Gasteiger partial charge in [0.2, 0.25) is 0 Å². The predicted octanol–water partition coefficient (Wildman–Crippen LogP) is 3.98. The number of Topliss-reactive ketones (excluding diaryl/α,β-unsaturated/α-hetero) is 2. The second kappa shape index (κ2) is 9.14. The molecule has 1 aromatic heterocycles. The Morgan fingerprint density at radius 2 is 1.62 bits per heavy atom. The third kappa shape index (κ3) is 3.35. The highest BCUT2D eigenvalue weighted by Crippen LogP contribution is 2.63. The summed E-state index contributed by atoms with van der Waals surface area (Å²) in [6, 6.07) is 11.8. The van der Waals surface area contributed by atoms with Gasteiger partial charge in [0, 0.05) is 12.3 Å². The van der Waals surface area contributed by atoms with Crippen LogP contribution in [0.2, 0.25) is 0 Å². The molecule has 3 aromatic rings. The highest BCUT2D eigenvalue weighted by molar-refractivity contribution is 6.66. The number of ketones is 2. The molecule has 0 saturated heterocycles. The number of ether oxygens (including phenoxy) is 1. The van der Waals surface area contributed by atoms with Crippen LogP contribution in [0.5, 0.6) is 11.5 Å². The molecule has 9 nitrogen and oxygen atoms in total. The summed E-state index contributed by atoms with van der Waals surface area (Å²) in [4.78, 5) is 50.4. The van der Waals surface area contributed by atoms with Gasteiger partial charge in [-0.1, -0.05) is 53.5 Å². The molecule has 0 amide bonds. The number of fused-ring (bicyclic) bond motifs is 4. The molecule has 1 N–H and O–H groups in total. The number of rotatable bonds is 3. The topological polar surface area (TPSA) is 113 Å². The van der Waals surface area contributed by atoms with E-state index in [1.807, 2.05) is 0 Å². The Morgan fingerprint density at radius 1 is 0.950 bits per heavy atom. The number of phenolic OH excluding ortho intramolecular Hbond substituents is 1. The van der Waals surface area contributed by atoms with Crippen LogP contribution in [0.4, 0.5) is 0 Å². The maximum atomic E-state index is 13.8. The SMILES string of the molecule is COc1cc([C@H]2C3=CCn4c(=O)n(-c5ccccc5)c(=O)n4[C@@H]3C[C@@]3(Cl)C(=O)C(Cl)=C(Cl)C(=O)[C@@]23Cl)ccc1O. The summed E-state index contributed by atoms with van der Waals surface area (Å²) in [6.45, 7) is -0.0276. The van der Waals surface area contributed by atoms with E-state index in [1.165, 1.54) is 34.7 Å². The number of allylic oxidation sites excluding steroid dienone is 4. The van der Waals surface area contributed by atoms with Crippen LogP contribution in [0.15, 0.2) is 79.8 Å². The van der Waals surface area contributed by atoms with Crippen molar-refractivity contribution >= 4 is 58.0 Å². The Bertz CT molecular complexity index is 1810. The number of para-hydroxylation sites is 1. The number of nitrogens with zero attached hydrogens (tertiary/aromatic N) is 3. The van der Waals surface area contributed by atoms with E-state index in [0.717, 1.165) is 4.57 Å². The van der Waals surface area contributed by atoms with Crippen LogP contribution >= 0.6 is 46.4 Å². The molecule has 6 rings (SSSR count). The fourth-order valence-corrected chi connectivity index (χ4v) is 7.54. The molecule has 2 heterocycles. The first-order valence-electron chi connectivity index (χ1n) is 12.1. The molecule has 0 bridgehead atoms. The minimum Gasteiger partial charge on any atom is -0.504 e. The maximum absolute atomic E-state index is 13.8. The Labute approximate surface area is 246 Å². The van der Waals surface area contributed by atoms with Crippen molar-refractivity contribution in [1.29, 1.82) is 0 Å². The molecule has 1 aliphatic heterocycles. The molecule has 206 valence electrons. The van der Waals surface area contributed by atoms with Gasteiger partial charge in [-0.3, -0.25) is 9.59 Å². The number of alkyl halides is 2. The van der Waals surface area contributed by atoms with E-state index in [0.29, 0.717) is 16.8 Å². The molecule has 13 heteroatoms. The number of hydrogen-bond donors (Lipinski definition) is 1. The van der Waals surface area contributed by atoms with E-state index in [4.69, 9.17) is 51.1 Å². The molecule has 3 aliphatic rings. The maximum Gasteiger partial charge on any atom is 0.352 e. The largest absolute Gasteiger partial charge is 0.504 e. The first-order valence-corrected chi connectivity index (χ1v) is 13.6. The molecular formula is C27H19Cl4N3O6. The van der Waals surface area contributed by atoms with Gasteiger partial charge in [-0.25, -0.2) is 23.5 Å². The van der Waals surface area contributed by atoms with Crippen molar-refractivity contribution in [1.82, 2.24) is 13.9 Å². The zero-order valence-corrected chi connectivity index (χ0v) is 23.6. The van der Waals surface area contributed by atoms with Crippen molar-refractivity contribution in [2.24, 2.45) is 0 Å². The van der Waals surface area contributed by atoms with Crippen LogP contribution in [-0.2, 0) is 16.1 Å². The van der Waals surface area contributed by atoms with Gasteiger partial charge in [0.25, 0.3) is 0 Å². The van der Waals surface area contributed by atoms with Crippen LogP contribution in [0.25, 0.3) is 5.69 Å². The lowest BCUT2D eigenvalue weighted by Gasteiger charge is -2.54. The molecule has 1 saturated carbocycles. The first-order chi connectivity index (χ1) is 19.0. The van der Waals surface area contributed by atoms with Gasteiger partial charge in [-0.05, 0) is 35.4 Å². The zero-order chi connectivity index (χ0) is 28.7. The van der Waals surface area contributed by atoms with Gasteiger partial charge in [0.05, 0.1) is 25.4 Å². The molecule has 0 spiro atoms. The van der Waals surface area contributed by atoms with Gasteiger partial charge < -0.3 is 9.84 Å². The van der Waals surface area contributed by atoms with Gasteiger partial charge in [-0.2, -0.15) is 0 Å². The monoisotopic (exact) mass is 621 g/mol. The molecule has 2 aromatic carbocycles. The Hall–Kier alpha value is -3.24. The number of carbonyl (C=O) groups is 2. The van der Waals surface area contributed by atoms with Crippen molar-refractivity contribution < 1.29 is 19.4 Å². The van der Waals surface area contributed by atoms with Gasteiger partial charge in [-0.15, -0.1) is 23.2 Å². The van der Waals surface area contributed by atoms with E-state index in [1.54, 1.807) is 36.4 Å². The molecule has 4 atom stereocenters. The van der Waals surface area contributed by atoms with Crippen molar-refractivity contribution in [3.63, 3.8) is 0 Å². The number of benzene rings is 2. The third-order valence-electron chi connectivity index (χ3n) is 7.86. The minimum atomic E-state index is -2.17. The lowest BCUT2D eigenvalue weighted by atomic mass is 9.59. The molecule has 0 unspecified atom stereocenters. The van der Waals surface area contributed by atoms with Crippen molar-refractivity contribution in [3.8, 4) is 17.2 Å². The summed E-state index contributed by atoms with van der Waals surface area (Å²) in [5.74, 6) is -2.96. The van der Waals surface area contributed by atoms with Crippen LogP contribution in [0, 0.1) is 0 Å². The lowest BCUT2D eigenvalue weighted by molar-refractivity contribution is -0.128. The summed E-state index contributed by atoms with van der Waals surface area (Å²) >= 11 is 26.7. The number of phenols is 1. The number of aromatic hydroxyl groups is 1. The summed E-state index contributed by atoms with van der Waals surface area (Å²) in [7, 11) is 1.35. The van der Waals surface area contributed by atoms with Crippen molar-refractivity contribution in [2.45, 2.75) is 34.7 Å². The van der Waals surface area contributed by atoms with Crippen molar-refractivity contribution in [2.75, 3.05) is 7.11 Å². The van der Waals surface area contributed by atoms with E-state index in [-0.39, 0.29) is 24.5 Å². The van der Waals surface area contributed by atoms with Crippen molar-refractivity contribution in [3.05, 3.63) is 96.8 Å². The number of hydrogen-bond acceptors (Lipinski definition) is 6. The Balaban J connectivity index is 1.65. The van der Waals surface area contributed by atoms with Crippen LogP contribution in [0.3, 0.4) is 0 Å². The zero-order valence-electron chi connectivity index (χ0n) is 20.6. The summed E-state index contributed by atoms with van der Waals surface area (Å²) in [5, 5.41) is 9.13. The number of halogens is 4. The van der Waals surface area contributed by atoms with Gasteiger partial charge >= 0.3 is 11.4 Å². The van der Waals surface area contributed by atoms with Gasteiger partial charge in [0.15, 0.2) is 23.1 Å². The highest BCUT2D eigenvalue weighted by atomic mass is 35.5. The number of aromatic nitrogens is 3. The molecule has 0 radical (unpaired) electrons. The fourth-order valence-electron chi connectivity index (χ4n) is 6.02. The molecule has 40 heavy (non-hydrogen) atoms. The fraction of sp³-hybridized carbons (Fsp3) is 0.259. The van der Waals surface area contributed by atoms with E-state index < -0.39 is 54.7 Å². The Kier molecular flexibility index (Phi) is 6.16. The first kappa shape index (κ1) is 27.0. The minimum absolute atomic E-state index is 0.0276. The molecule has 1 fully saturated rings. The lowest BCUT2D eigenvalue weighted by Crippen LogP contribution is -2.67. The average molecular weight is 623 g/mol. The Morgan fingerprint density at radius 3 is 2.30 bits per heavy atom. The summed E-state index contributed by atoms with van der Waals surface area (Å²) in [6.07, 6.45) is 1.36. The van der Waals surface area contributed by atoms with E-state index in [2.05, 4.69) is 0 Å². The highest BCUT2D eigenvalue weighted by Gasteiger charge is 2.71. The summed E-state index contributed by atoms with van der Waals surface area (Å²) < 4.78 is 8.79. The van der Waals surface area contributed by atoms with E-state index in [9.17, 15) is 24.3 Å². The second-order valence-electron chi connectivity index (χ2n) is 9.75. The number of carbonyl (C=O) groups excluding carboxylic acids is 2. The second-order valence-corrected chi connectivity index (χ2v) is 11.7. The molecule has 2 aliphatic carbocycles. The predicted molar refractivity (Wildman–Crippen MR) is 149 cm³/mol. The van der Waals surface area contributed by atoms with Crippen LogP contribution in [-0.4, -0.2) is 47.5 Å². The quantitative estimate of drug-likeness (QED) is 0.349. The number of methoxy groups -OCH3 is 1. The third-order valence-corrected chi connectivity index (χ3v) is 10.1. The standard InChI is InChI=1S/C27H19Cl4N3O6/c1-40-18-11-13(7-8-17(18)35)19-15-9-10-32-24(38)33(14-5-3-2-4-6-14)25(39)34(32)16(15)12-26(30)22(36)20(28)21(29)23(37)27(19,26)31/h2-9,11,16,19,35H,10,12H2,1H3/t16-,19+,26-,27+/m1/s1. The van der Waals surface area contributed by atoms with Crippen LogP contribution in [0.1, 0.15) is 23.9 Å². The van der Waals surface area contributed by atoms with Gasteiger partial charge in [0.1, 0.15) is 19.8 Å².